The Hall–Kier alpha value is -2.04. The summed E-state index contributed by atoms with van der Waals surface area (Å²) in [6.07, 6.45) is 7.30. The molecule has 1 unspecified atom stereocenters. The molecule has 0 N–H and O–H groups in total. The van der Waals surface area contributed by atoms with Crippen molar-refractivity contribution in [1.29, 1.82) is 0 Å². The predicted octanol–water partition coefficient (Wildman–Crippen LogP) is 5.64. The van der Waals surface area contributed by atoms with Crippen LogP contribution in [0.3, 0.4) is 0 Å². The van der Waals surface area contributed by atoms with E-state index >= 15 is 0 Å². The molecule has 2 aliphatic rings. The van der Waals surface area contributed by atoms with Gasteiger partial charge in [-0.05, 0) is 67.5 Å². The van der Waals surface area contributed by atoms with Gasteiger partial charge in [0.15, 0.2) is 0 Å². The topological polar surface area (TPSA) is 12.5 Å². The van der Waals surface area contributed by atoms with Crippen LogP contribution in [0.25, 0.3) is 0 Å². The summed E-state index contributed by atoms with van der Waals surface area (Å²) in [4.78, 5) is 2.62. The summed E-state index contributed by atoms with van der Waals surface area (Å²) in [5, 5.41) is 0. The molecule has 2 bridgehead atoms. The first-order valence-corrected chi connectivity index (χ1v) is 10.2. The lowest BCUT2D eigenvalue weighted by Crippen LogP contribution is -2.46. The van der Waals surface area contributed by atoms with Crippen molar-refractivity contribution in [2.24, 2.45) is 0 Å². The first-order valence-electron chi connectivity index (χ1n) is 10.2. The van der Waals surface area contributed by atoms with Crippen LogP contribution in [-0.4, -0.2) is 29.6 Å². The molecule has 148 valence electrons. The Bertz CT molecular complexity index is 730. The minimum atomic E-state index is -0.315. The fraction of sp³-hybridized carbons (Fsp3) is 0.417. The normalized spacial score (nSPS) is 24.6. The van der Waals surface area contributed by atoms with Gasteiger partial charge in [-0.3, -0.25) is 4.90 Å². The lowest BCUT2D eigenvalue weighted by atomic mass is 9.97. The van der Waals surface area contributed by atoms with Gasteiger partial charge >= 0.3 is 0 Å². The number of benzene rings is 2. The van der Waals surface area contributed by atoms with Gasteiger partial charge in [0, 0.05) is 18.6 Å². The Kier molecular flexibility index (Phi) is 5.88. The molecule has 4 rings (SSSR count). The average Bonchev–Trinajstić information content (AvgIpc) is 2.94. The number of rotatable bonds is 7. The summed E-state index contributed by atoms with van der Waals surface area (Å²) in [5.74, 6) is -0.537. The maximum atomic E-state index is 13.4. The highest BCUT2D eigenvalue weighted by molar-refractivity contribution is 5.30. The zero-order valence-electron chi connectivity index (χ0n) is 16.1. The van der Waals surface area contributed by atoms with E-state index in [2.05, 4.69) is 11.5 Å². The van der Waals surface area contributed by atoms with Crippen LogP contribution in [0, 0.1) is 11.6 Å². The molecule has 2 aromatic rings. The van der Waals surface area contributed by atoms with E-state index in [0.29, 0.717) is 12.1 Å². The summed E-state index contributed by atoms with van der Waals surface area (Å²) < 4.78 is 33.4. The van der Waals surface area contributed by atoms with Gasteiger partial charge < -0.3 is 4.74 Å². The second kappa shape index (κ2) is 8.54. The predicted molar refractivity (Wildman–Crippen MR) is 107 cm³/mol. The number of halogens is 2. The molecule has 0 amide bonds. The Labute approximate surface area is 165 Å². The van der Waals surface area contributed by atoms with Gasteiger partial charge in [0.25, 0.3) is 0 Å². The summed E-state index contributed by atoms with van der Waals surface area (Å²) in [5.41, 5.74) is 1.80. The fourth-order valence-corrected chi connectivity index (χ4v) is 4.76. The quantitative estimate of drug-likeness (QED) is 0.574. The highest BCUT2D eigenvalue weighted by atomic mass is 19.1. The van der Waals surface area contributed by atoms with E-state index in [4.69, 9.17) is 4.74 Å². The molecule has 0 saturated carbocycles. The van der Waals surface area contributed by atoms with Crippen LogP contribution in [0.5, 0.6) is 0 Å². The molecule has 0 radical (unpaired) electrons. The number of ether oxygens (including phenoxy) is 1. The van der Waals surface area contributed by atoms with Crippen LogP contribution in [0.4, 0.5) is 8.78 Å². The van der Waals surface area contributed by atoms with Crippen molar-refractivity contribution < 1.29 is 13.5 Å². The van der Waals surface area contributed by atoms with Crippen LogP contribution >= 0.6 is 0 Å². The SMILES string of the molecule is C=CCCN1[C@@H]2CC[C@H]1CC(OC(c1ccc(F)cc1)c1ccc(F)cc1)C2. The van der Waals surface area contributed by atoms with Gasteiger partial charge in [0.1, 0.15) is 17.7 Å². The van der Waals surface area contributed by atoms with E-state index in [-0.39, 0.29) is 23.8 Å². The molecule has 2 aromatic carbocycles. The molecule has 28 heavy (non-hydrogen) atoms. The molecule has 0 aliphatic carbocycles. The Morgan fingerprint density at radius 1 is 0.929 bits per heavy atom. The number of nitrogens with zero attached hydrogens (tertiary/aromatic N) is 1. The minimum absolute atomic E-state index is 0.151. The van der Waals surface area contributed by atoms with E-state index in [1.807, 2.05) is 6.08 Å². The molecule has 0 spiro atoms. The van der Waals surface area contributed by atoms with Crippen LogP contribution in [0.15, 0.2) is 61.2 Å². The Morgan fingerprint density at radius 3 is 1.89 bits per heavy atom. The van der Waals surface area contributed by atoms with Gasteiger partial charge in [-0.15, -0.1) is 6.58 Å². The van der Waals surface area contributed by atoms with Gasteiger partial charge in [-0.25, -0.2) is 8.78 Å². The average molecular weight is 383 g/mol. The minimum Gasteiger partial charge on any atom is -0.365 e. The maximum absolute atomic E-state index is 13.4. The largest absolute Gasteiger partial charge is 0.365 e. The van der Waals surface area contributed by atoms with Crippen LogP contribution in [-0.2, 0) is 4.74 Å². The van der Waals surface area contributed by atoms with Crippen molar-refractivity contribution in [3.05, 3.63) is 83.9 Å². The first-order chi connectivity index (χ1) is 13.6. The third kappa shape index (κ3) is 4.18. The summed E-state index contributed by atoms with van der Waals surface area (Å²) >= 11 is 0. The van der Waals surface area contributed by atoms with E-state index in [1.165, 1.54) is 37.1 Å². The zero-order valence-corrected chi connectivity index (χ0v) is 16.1. The lowest BCUT2D eigenvalue weighted by molar-refractivity contribution is -0.0478. The third-order valence-corrected chi connectivity index (χ3v) is 6.11. The van der Waals surface area contributed by atoms with E-state index < -0.39 is 0 Å². The zero-order chi connectivity index (χ0) is 19.5. The second-order valence-corrected chi connectivity index (χ2v) is 7.91. The van der Waals surface area contributed by atoms with E-state index in [9.17, 15) is 8.78 Å². The van der Waals surface area contributed by atoms with Crippen molar-refractivity contribution in [2.75, 3.05) is 6.54 Å². The van der Waals surface area contributed by atoms with E-state index in [1.54, 1.807) is 24.3 Å². The van der Waals surface area contributed by atoms with Gasteiger partial charge in [-0.2, -0.15) is 0 Å². The number of hydrogen-bond acceptors (Lipinski definition) is 2. The van der Waals surface area contributed by atoms with Crippen LogP contribution < -0.4 is 0 Å². The molecular weight excluding hydrogens is 356 g/mol. The second-order valence-electron chi connectivity index (χ2n) is 7.91. The highest BCUT2D eigenvalue weighted by Crippen LogP contribution is 2.39. The number of piperidine rings is 1. The van der Waals surface area contributed by atoms with Crippen molar-refractivity contribution >= 4 is 0 Å². The van der Waals surface area contributed by atoms with Gasteiger partial charge in [-0.1, -0.05) is 30.3 Å². The maximum Gasteiger partial charge on any atom is 0.123 e. The smallest absolute Gasteiger partial charge is 0.123 e. The standard InChI is InChI=1S/C24H27F2NO/c1-2-3-14-27-21-12-13-22(27)16-23(15-21)28-24(17-4-8-19(25)9-5-17)18-6-10-20(26)11-7-18/h2,4-11,21-24H,1,3,12-16H2/t21-,22+,23?. The highest BCUT2D eigenvalue weighted by Gasteiger charge is 2.41. The molecular formula is C24H27F2NO. The summed E-state index contributed by atoms with van der Waals surface area (Å²) in [7, 11) is 0. The molecule has 0 aromatic heterocycles. The fourth-order valence-electron chi connectivity index (χ4n) is 4.76. The summed E-state index contributed by atoms with van der Waals surface area (Å²) in [6, 6.07) is 14.0. The van der Waals surface area contributed by atoms with Crippen molar-refractivity contribution in [3.8, 4) is 0 Å². The van der Waals surface area contributed by atoms with Crippen LogP contribution in [0.1, 0.15) is 49.3 Å². The van der Waals surface area contributed by atoms with Crippen LogP contribution in [0.2, 0.25) is 0 Å². The van der Waals surface area contributed by atoms with Crippen molar-refractivity contribution in [3.63, 3.8) is 0 Å². The van der Waals surface area contributed by atoms with E-state index in [0.717, 1.165) is 36.9 Å². The Morgan fingerprint density at radius 2 is 1.43 bits per heavy atom. The molecule has 2 saturated heterocycles. The number of hydrogen-bond donors (Lipinski definition) is 0. The van der Waals surface area contributed by atoms with Crippen molar-refractivity contribution in [1.82, 2.24) is 4.90 Å². The lowest BCUT2D eigenvalue weighted by Gasteiger charge is -2.40. The molecule has 2 heterocycles. The molecule has 4 heteroatoms. The summed E-state index contributed by atoms with van der Waals surface area (Å²) in [6.45, 7) is 4.92. The van der Waals surface area contributed by atoms with Gasteiger partial charge in [0.2, 0.25) is 0 Å². The first kappa shape index (κ1) is 19.3. The van der Waals surface area contributed by atoms with Crippen molar-refractivity contribution in [2.45, 2.75) is 56.4 Å². The molecule has 3 atom stereocenters. The molecule has 2 aliphatic heterocycles. The molecule has 2 nitrogen and oxygen atoms in total. The number of fused-ring (bicyclic) bond motifs is 2. The monoisotopic (exact) mass is 383 g/mol. The third-order valence-electron chi connectivity index (χ3n) is 6.11. The molecule has 2 fully saturated rings. The van der Waals surface area contributed by atoms with Gasteiger partial charge in [0.05, 0.1) is 6.10 Å². The Balaban J connectivity index is 1.53.